The lowest BCUT2D eigenvalue weighted by Gasteiger charge is -2.05. The van der Waals surface area contributed by atoms with Crippen molar-refractivity contribution in [1.82, 2.24) is 4.57 Å². The van der Waals surface area contributed by atoms with Crippen LogP contribution in [0.4, 0.5) is 4.39 Å². The zero-order valence-corrected chi connectivity index (χ0v) is 13.1. The summed E-state index contributed by atoms with van der Waals surface area (Å²) >= 11 is 1.33. The van der Waals surface area contributed by atoms with Crippen LogP contribution in [-0.4, -0.2) is 23.7 Å². The SMILES string of the molecule is CCCC(=O)N=c1sc2cccc(F)c2n1CCOCC. The number of halogens is 1. The topological polar surface area (TPSA) is 43.6 Å². The lowest BCUT2D eigenvalue weighted by molar-refractivity contribution is -0.118. The highest BCUT2D eigenvalue weighted by Crippen LogP contribution is 2.20. The number of benzene rings is 1. The van der Waals surface area contributed by atoms with Gasteiger partial charge >= 0.3 is 0 Å². The minimum atomic E-state index is -0.301. The summed E-state index contributed by atoms with van der Waals surface area (Å²) in [7, 11) is 0. The van der Waals surface area contributed by atoms with Gasteiger partial charge in [-0.05, 0) is 25.5 Å². The average molecular weight is 310 g/mol. The molecule has 0 atom stereocenters. The molecular formula is C15H19FN2O2S. The number of hydrogen-bond acceptors (Lipinski definition) is 3. The number of hydrogen-bond donors (Lipinski definition) is 0. The number of amides is 1. The monoisotopic (exact) mass is 310 g/mol. The van der Waals surface area contributed by atoms with E-state index in [1.54, 1.807) is 10.6 Å². The van der Waals surface area contributed by atoms with E-state index >= 15 is 0 Å². The van der Waals surface area contributed by atoms with Gasteiger partial charge in [-0.3, -0.25) is 4.79 Å². The number of nitrogens with zero attached hydrogens (tertiary/aromatic N) is 2. The Morgan fingerprint density at radius 2 is 2.24 bits per heavy atom. The third-order valence-electron chi connectivity index (χ3n) is 3.00. The van der Waals surface area contributed by atoms with Crippen LogP contribution in [0.2, 0.25) is 0 Å². The van der Waals surface area contributed by atoms with Crippen LogP contribution in [0.1, 0.15) is 26.7 Å². The molecule has 1 aromatic heterocycles. The molecule has 0 N–H and O–H groups in total. The molecule has 0 unspecified atom stereocenters. The molecule has 1 amide bonds. The highest BCUT2D eigenvalue weighted by molar-refractivity contribution is 7.16. The molecule has 4 nitrogen and oxygen atoms in total. The molecule has 2 rings (SSSR count). The Balaban J connectivity index is 2.50. The molecule has 0 bridgehead atoms. The molecule has 6 heteroatoms. The van der Waals surface area contributed by atoms with E-state index in [4.69, 9.17) is 4.74 Å². The third-order valence-corrected chi connectivity index (χ3v) is 4.04. The minimum absolute atomic E-state index is 0.172. The highest BCUT2D eigenvalue weighted by atomic mass is 32.1. The standard InChI is InChI=1S/C15H19FN2O2S/c1-3-6-13(19)17-15-18(9-10-20-4-2)14-11(16)7-5-8-12(14)21-15/h5,7-8H,3-4,6,9-10H2,1-2H3. The van der Waals surface area contributed by atoms with Crippen molar-refractivity contribution in [3.05, 3.63) is 28.8 Å². The number of para-hydroxylation sites is 1. The van der Waals surface area contributed by atoms with Gasteiger partial charge in [0.2, 0.25) is 5.91 Å². The van der Waals surface area contributed by atoms with Crippen LogP contribution in [0.25, 0.3) is 10.2 Å². The van der Waals surface area contributed by atoms with Crippen LogP contribution < -0.4 is 4.80 Å². The first kappa shape index (κ1) is 15.9. The molecule has 2 aromatic rings. The van der Waals surface area contributed by atoms with E-state index < -0.39 is 0 Å². The van der Waals surface area contributed by atoms with Gasteiger partial charge in [0, 0.05) is 19.6 Å². The van der Waals surface area contributed by atoms with Crippen molar-refractivity contribution in [1.29, 1.82) is 0 Å². The molecule has 0 aliphatic carbocycles. The van der Waals surface area contributed by atoms with Crippen molar-refractivity contribution >= 4 is 27.5 Å². The Morgan fingerprint density at radius 1 is 1.43 bits per heavy atom. The molecule has 0 saturated heterocycles. The normalized spacial score (nSPS) is 12.2. The summed E-state index contributed by atoms with van der Waals surface area (Å²) in [4.78, 5) is 16.4. The Labute approximate surface area is 126 Å². The van der Waals surface area contributed by atoms with E-state index in [-0.39, 0.29) is 11.7 Å². The summed E-state index contributed by atoms with van der Waals surface area (Å²) in [5.74, 6) is -0.473. The van der Waals surface area contributed by atoms with Gasteiger partial charge in [-0.2, -0.15) is 4.99 Å². The maximum absolute atomic E-state index is 14.1. The predicted octanol–water partition coefficient (Wildman–Crippen LogP) is 3.11. The smallest absolute Gasteiger partial charge is 0.248 e. The van der Waals surface area contributed by atoms with Gasteiger partial charge in [0.1, 0.15) is 5.82 Å². The van der Waals surface area contributed by atoms with E-state index in [9.17, 15) is 9.18 Å². The van der Waals surface area contributed by atoms with Gasteiger partial charge in [-0.15, -0.1) is 0 Å². The summed E-state index contributed by atoms with van der Waals surface area (Å²) < 4.78 is 21.9. The van der Waals surface area contributed by atoms with Crippen molar-refractivity contribution in [2.75, 3.05) is 13.2 Å². The van der Waals surface area contributed by atoms with E-state index in [0.29, 0.717) is 36.5 Å². The Bertz CT molecular complexity index is 691. The van der Waals surface area contributed by atoms with Gasteiger partial charge in [0.05, 0.1) is 16.8 Å². The molecule has 0 fully saturated rings. The van der Waals surface area contributed by atoms with E-state index in [0.717, 1.165) is 11.1 Å². The number of aromatic nitrogens is 1. The zero-order chi connectivity index (χ0) is 15.2. The molecular weight excluding hydrogens is 291 g/mol. The number of thiazole rings is 1. The molecule has 1 aromatic carbocycles. The maximum atomic E-state index is 14.1. The first-order chi connectivity index (χ1) is 10.2. The molecule has 114 valence electrons. The largest absolute Gasteiger partial charge is 0.380 e. The third kappa shape index (κ3) is 3.77. The van der Waals surface area contributed by atoms with E-state index in [2.05, 4.69) is 4.99 Å². The molecule has 21 heavy (non-hydrogen) atoms. The average Bonchev–Trinajstić information content (AvgIpc) is 2.78. The fourth-order valence-electron chi connectivity index (χ4n) is 2.06. The highest BCUT2D eigenvalue weighted by Gasteiger charge is 2.11. The summed E-state index contributed by atoms with van der Waals surface area (Å²) in [6.45, 7) is 5.39. The Morgan fingerprint density at radius 3 is 2.95 bits per heavy atom. The van der Waals surface area contributed by atoms with Crippen LogP contribution in [0.5, 0.6) is 0 Å². The van der Waals surface area contributed by atoms with Crippen LogP contribution in [-0.2, 0) is 16.1 Å². The van der Waals surface area contributed by atoms with Crippen LogP contribution in [0.3, 0.4) is 0 Å². The van der Waals surface area contributed by atoms with Crippen molar-refractivity contribution < 1.29 is 13.9 Å². The first-order valence-corrected chi connectivity index (χ1v) is 7.92. The summed E-state index contributed by atoms with van der Waals surface area (Å²) in [6.07, 6.45) is 1.16. The first-order valence-electron chi connectivity index (χ1n) is 7.10. The summed E-state index contributed by atoms with van der Waals surface area (Å²) in [5.41, 5.74) is 0.491. The molecule has 0 aliphatic rings. The van der Waals surface area contributed by atoms with Crippen LogP contribution >= 0.6 is 11.3 Å². The number of carbonyl (C=O) groups is 1. The number of rotatable bonds is 6. The van der Waals surface area contributed by atoms with E-state index in [1.807, 2.05) is 19.9 Å². The lowest BCUT2D eigenvalue weighted by atomic mass is 10.3. The van der Waals surface area contributed by atoms with Gasteiger partial charge in [0.25, 0.3) is 0 Å². The quantitative estimate of drug-likeness (QED) is 0.770. The van der Waals surface area contributed by atoms with E-state index in [1.165, 1.54) is 17.4 Å². The molecule has 0 radical (unpaired) electrons. The lowest BCUT2D eigenvalue weighted by Crippen LogP contribution is -2.20. The van der Waals surface area contributed by atoms with Gasteiger partial charge in [0.15, 0.2) is 4.80 Å². The second-order valence-corrected chi connectivity index (χ2v) is 5.58. The van der Waals surface area contributed by atoms with Crippen molar-refractivity contribution in [2.24, 2.45) is 4.99 Å². The molecule has 0 spiro atoms. The second-order valence-electron chi connectivity index (χ2n) is 4.58. The second kappa shape index (κ2) is 7.47. The summed E-state index contributed by atoms with van der Waals surface area (Å²) in [6, 6.07) is 4.92. The fraction of sp³-hybridized carbons (Fsp3) is 0.467. The van der Waals surface area contributed by atoms with Gasteiger partial charge in [-0.25, -0.2) is 4.39 Å². The number of ether oxygens (including phenoxy) is 1. The van der Waals surface area contributed by atoms with Crippen LogP contribution in [0, 0.1) is 5.82 Å². The van der Waals surface area contributed by atoms with Crippen molar-refractivity contribution in [2.45, 2.75) is 33.2 Å². The molecule has 1 heterocycles. The molecule has 0 saturated carbocycles. The minimum Gasteiger partial charge on any atom is -0.380 e. The fourth-order valence-corrected chi connectivity index (χ4v) is 3.14. The van der Waals surface area contributed by atoms with Gasteiger partial charge < -0.3 is 9.30 Å². The molecule has 0 aliphatic heterocycles. The number of carbonyl (C=O) groups excluding carboxylic acids is 1. The summed E-state index contributed by atoms with van der Waals surface area (Å²) in [5, 5.41) is 0. The Hall–Kier alpha value is -1.53. The van der Waals surface area contributed by atoms with Crippen molar-refractivity contribution in [3.8, 4) is 0 Å². The van der Waals surface area contributed by atoms with Gasteiger partial charge in [-0.1, -0.05) is 24.3 Å². The van der Waals surface area contributed by atoms with Crippen molar-refractivity contribution in [3.63, 3.8) is 0 Å². The van der Waals surface area contributed by atoms with Crippen LogP contribution in [0.15, 0.2) is 23.2 Å². The number of fused-ring (bicyclic) bond motifs is 1. The predicted molar refractivity (Wildman–Crippen MR) is 81.7 cm³/mol. The Kier molecular flexibility index (Phi) is 5.64. The zero-order valence-electron chi connectivity index (χ0n) is 12.3. The maximum Gasteiger partial charge on any atom is 0.248 e.